The fraction of sp³-hybridized carbons (Fsp3) is 0.474. The quantitative estimate of drug-likeness (QED) is 0.520. The van der Waals surface area contributed by atoms with Crippen LogP contribution in [0, 0.1) is 5.92 Å². The molecule has 8 nitrogen and oxygen atoms in total. The highest BCUT2D eigenvalue weighted by molar-refractivity contribution is 5.90. The van der Waals surface area contributed by atoms with E-state index in [1.165, 1.54) is 6.92 Å². The summed E-state index contributed by atoms with van der Waals surface area (Å²) < 4.78 is 4.82. The molecule has 0 bridgehead atoms. The summed E-state index contributed by atoms with van der Waals surface area (Å²) in [6, 6.07) is 6.84. The molecule has 0 fully saturated rings. The number of esters is 1. The van der Waals surface area contributed by atoms with E-state index in [4.69, 9.17) is 4.74 Å². The average molecular weight is 378 g/mol. The topological polar surface area (TPSA) is 122 Å². The molecule has 3 N–H and O–H groups in total. The van der Waals surface area contributed by atoms with E-state index in [0.717, 1.165) is 5.56 Å². The maximum Gasteiger partial charge on any atom is 0.326 e. The van der Waals surface area contributed by atoms with Crippen molar-refractivity contribution in [1.82, 2.24) is 10.6 Å². The molecule has 1 aromatic rings. The first-order valence-electron chi connectivity index (χ1n) is 8.74. The molecule has 1 aromatic carbocycles. The first kappa shape index (κ1) is 22.1. The number of amides is 2. The lowest BCUT2D eigenvalue weighted by atomic mass is 9.97. The van der Waals surface area contributed by atoms with Crippen LogP contribution in [-0.4, -0.2) is 47.6 Å². The van der Waals surface area contributed by atoms with E-state index in [0.29, 0.717) is 0 Å². The van der Waals surface area contributed by atoms with E-state index in [2.05, 4.69) is 10.6 Å². The van der Waals surface area contributed by atoms with Crippen molar-refractivity contribution in [3.63, 3.8) is 0 Å². The van der Waals surface area contributed by atoms with E-state index >= 15 is 0 Å². The van der Waals surface area contributed by atoms with Crippen molar-refractivity contribution in [1.29, 1.82) is 0 Å². The van der Waals surface area contributed by atoms with Gasteiger partial charge in [-0.05, 0) is 18.4 Å². The fourth-order valence-corrected chi connectivity index (χ4v) is 2.61. The molecular weight excluding hydrogens is 352 g/mol. The first-order chi connectivity index (χ1) is 12.7. The van der Waals surface area contributed by atoms with Crippen molar-refractivity contribution < 1.29 is 29.0 Å². The highest BCUT2D eigenvalue weighted by Gasteiger charge is 2.31. The molecule has 148 valence electrons. The van der Waals surface area contributed by atoms with Crippen LogP contribution in [0.4, 0.5) is 0 Å². The molecule has 0 spiro atoms. The van der Waals surface area contributed by atoms with Crippen molar-refractivity contribution in [2.24, 2.45) is 5.92 Å². The minimum absolute atomic E-state index is 0.144. The second-order valence-electron chi connectivity index (χ2n) is 6.25. The number of hydrogen-bond acceptors (Lipinski definition) is 5. The van der Waals surface area contributed by atoms with Crippen molar-refractivity contribution in [2.75, 3.05) is 6.61 Å². The summed E-state index contributed by atoms with van der Waals surface area (Å²) in [5.74, 6) is -3.51. The molecule has 1 rings (SSSR count). The summed E-state index contributed by atoms with van der Waals surface area (Å²) in [7, 11) is 0. The summed E-state index contributed by atoms with van der Waals surface area (Å²) in [6.45, 7) is 4.67. The Kier molecular flexibility index (Phi) is 8.98. The molecule has 0 aliphatic heterocycles. The first-order valence-corrected chi connectivity index (χ1v) is 8.74. The van der Waals surface area contributed by atoms with Crippen molar-refractivity contribution in [3.05, 3.63) is 35.9 Å². The Morgan fingerprint density at radius 2 is 1.74 bits per heavy atom. The standard InChI is InChI=1S/C19H26N2O6/c1-4-27-16(23)10-12(2)17(19(25)26)21-18(24)15(20-13(3)22)11-14-8-6-5-7-9-14/h5-9,12,15,17H,4,10-11H2,1-3H3,(H,20,22)(H,21,24)(H,25,26)/t12-,15-,17-/m1/s1. The molecule has 0 saturated carbocycles. The van der Waals surface area contributed by atoms with Crippen LogP contribution in [0.2, 0.25) is 0 Å². The predicted octanol–water partition coefficient (Wildman–Crippen LogP) is 0.893. The highest BCUT2D eigenvalue weighted by atomic mass is 16.5. The largest absolute Gasteiger partial charge is 0.480 e. The molecule has 0 aromatic heterocycles. The summed E-state index contributed by atoms with van der Waals surface area (Å²) in [5, 5.41) is 14.4. The molecule has 2 amide bonds. The summed E-state index contributed by atoms with van der Waals surface area (Å²) >= 11 is 0. The highest BCUT2D eigenvalue weighted by Crippen LogP contribution is 2.11. The van der Waals surface area contributed by atoms with E-state index in [-0.39, 0.29) is 19.4 Å². The smallest absolute Gasteiger partial charge is 0.326 e. The van der Waals surface area contributed by atoms with Gasteiger partial charge < -0.3 is 20.5 Å². The monoisotopic (exact) mass is 378 g/mol. The molecule has 0 radical (unpaired) electrons. The molecule has 0 aliphatic rings. The predicted molar refractivity (Wildman–Crippen MR) is 97.7 cm³/mol. The molecule has 0 unspecified atom stereocenters. The molecule has 8 heteroatoms. The molecule has 0 saturated heterocycles. The Bertz CT molecular complexity index is 661. The lowest BCUT2D eigenvalue weighted by Gasteiger charge is -2.24. The number of hydrogen-bond donors (Lipinski definition) is 3. The molecule has 27 heavy (non-hydrogen) atoms. The van der Waals surface area contributed by atoms with E-state index in [1.54, 1.807) is 38.1 Å². The third-order valence-electron chi connectivity index (χ3n) is 3.90. The number of carbonyl (C=O) groups is 4. The van der Waals surface area contributed by atoms with Gasteiger partial charge in [-0.1, -0.05) is 37.3 Å². The van der Waals surface area contributed by atoms with Gasteiger partial charge in [0.2, 0.25) is 11.8 Å². The van der Waals surface area contributed by atoms with E-state index in [9.17, 15) is 24.3 Å². The molecule has 0 aliphatic carbocycles. The van der Waals surface area contributed by atoms with Gasteiger partial charge in [-0.2, -0.15) is 0 Å². The van der Waals surface area contributed by atoms with E-state index in [1.807, 2.05) is 6.07 Å². The molecule has 0 heterocycles. The van der Waals surface area contributed by atoms with Gasteiger partial charge in [-0.25, -0.2) is 4.79 Å². The Balaban J connectivity index is 2.86. The third kappa shape index (κ3) is 7.89. The minimum Gasteiger partial charge on any atom is -0.480 e. The number of carboxylic acids is 1. The van der Waals surface area contributed by atoms with Gasteiger partial charge in [0.25, 0.3) is 0 Å². The molecule has 3 atom stereocenters. The third-order valence-corrected chi connectivity index (χ3v) is 3.90. The van der Waals surface area contributed by atoms with Crippen LogP contribution in [-0.2, 0) is 30.3 Å². The number of aliphatic carboxylic acids is 1. The zero-order chi connectivity index (χ0) is 20.4. The number of carbonyl (C=O) groups excluding carboxylic acids is 3. The SMILES string of the molecule is CCOC(=O)C[C@@H](C)[C@@H](NC(=O)[C@@H](Cc1ccccc1)NC(C)=O)C(=O)O. The van der Waals surface area contributed by atoms with Crippen molar-refractivity contribution in [2.45, 2.75) is 45.7 Å². The Hall–Kier alpha value is -2.90. The Morgan fingerprint density at radius 1 is 1.11 bits per heavy atom. The number of rotatable bonds is 10. The molecular formula is C19H26N2O6. The van der Waals surface area contributed by atoms with Gasteiger partial charge in [0, 0.05) is 13.3 Å². The fourth-order valence-electron chi connectivity index (χ4n) is 2.61. The van der Waals surface area contributed by atoms with Crippen LogP contribution < -0.4 is 10.6 Å². The van der Waals surface area contributed by atoms with Crippen LogP contribution >= 0.6 is 0 Å². The van der Waals surface area contributed by atoms with Gasteiger partial charge in [-0.3, -0.25) is 14.4 Å². The summed E-state index contributed by atoms with van der Waals surface area (Å²) in [4.78, 5) is 47.2. The maximum absolute atomic E-state index is 12.6. The Morgan fingerprint density at radius 3 is 2.26 bits per heavy atom. The second-order valence-corrected chi connectivity index (χ2v) is 6.25. The summed E-state index contributed by atoms with van der Waals surface area (Å²) in [6.07, 6.45) is 0.0689. The zero-order valence-corrected chi connectivity index (χ0v) is 15.7. The normalized spacial score (nSPS) is 13.7. The van der Waals surface area contributed by atoms with Gasteiger partial charge in [0.05, 0.1) is 13.0 Å². The Labute approximate surface area is 158 Å². The van der Waals surface area contributed by atoms with Crippen LogP contribution in [0.15, 0.2) is 30.3 Å². The van der Waals surface area contributed by atoms with Crippen LogP contribution in [0.1, 0.15) is 32.8 Å². The van der Waals surface area contributed by atoms with Gasteiger partial charge in [0.1, 0.15) is 12.1 Å². The zero-order valence-electron chi connectivity index (χ0n) is 15.7. The summed E-state index contributed by atoms with van der Waals surface area (Å²) in [5.41, 5.74) is 0.817. The van der Waals surface area contributed by atoms with Crippen molar-refractivity contribution >= 4 is 23.8 Å². The van der Waals surface area contributed by atoms with Gasteiger partial charge in [0.15, 0.2) is 0 Å². The van der Waals surface area contributed by atoms with E-state index < -0.39 is 41.8 Å². The van der Waals surface area contributed by atoms with Crippen molar-refractivity contribution in [3.8, 4) is 0 Å². The lowest BCUT2D eigenvalue weighted by molar-refractivity contribution is -0.147. The van der Waals surface area contributed by atoms with Gasteiger partial charge >= 0.3 is 11.9 Å². The number of carboxylic acid groups (broad SMARTS) is 1. The maximum atomic E-state index is 12.6. The van der Waals surface area contributed by atoms with Crippen LogP contribution in [0.3, 0.4) is 0 Å². The average Bonchev–Trinajstić information content (AvgIpc) is 2.59. The van der Waals surface area contributed by atoms with Crippen LogP contribution in [0.5, 0.6) is 0 Å². The second kappa shape index (κ2) is 10.9. The number of nitrogens with one attached hydrogen (secondary N) is 2. The minimum atomic E-state index is -1.28. The van der Waals surface area contributed by atoms with Gasteiger partial charge in [-0.15, -0.1) is 0 Å². The number of ether oxygens (including phenoxy) is 1. The lowest BCUT2D eigenvalue weighted by Crippen LogP contribution is -2.54. The number of benzene rings is 1. The van der Waals surface area contributed by atoms with Crippen LogP contribution in [0.25, 0.3) is 0 Å².